The summed E-state index contributed by atoms with van der Waals surface area (Å²) >= 11 is 0. The van der Waals surface area contributed by atoms with Gasteiger partial charge in [-0.15, -0.1) is 0 Å². The van der Waals surface area contributed by atoms with Gasteiger partial charge in [0.2, 0.25) is 0 Å². The number of rotatable bonds is 3. The summed E-state index contributed by atoms with van der Waals surface area (Å²) < 4.78 is 13.6. The third-order valence-corrected chi connectivity index (χ3v) is 3.82. The molecule has 2 unspecified atom stereocenters. The molecule has 0 heterocycles. The molecule has 0 fully saturated rings. The van der Waals surface area contributed by atoms with E-state index in [-0.39, 0.29) is 11.9 Å². The summed E-state index contributed by atoms with van der Waals surface area (Å²) in [5, 5.41) is 0. The average Bonchev–Trinajstić information content (AvgIpc) is 2.34. The summed E-state index contributed by atoms with van der Waals surface area (Å²) in [4.78, 5) is 0. The maximum absolute atomic E-state index is 13.6. The molecule has 0 saturated carbocycles. The van der Waals surface area contributed by atoms with E-state index in [1.165, 1.54) is 17.2 Å². The van der Waals surface area contributed by atoms with Crippen LogP contribution in [-0.4, -0.2) is 6.04 Å². The van der Waals surface area contributed by atoms with Crippen LogP contribution in [0.1, 0.15) is 22.6 Å². The number of hydrogen-bond acceptors (Lipinski definition) is 1. The van der Waals surface area contributed by atoms with Crippen molar-refractivity contribution < 1.29 is 4.39 Å². The van der Waals surface area contributed by atoms with Gasteiger partial charge < -0.3 is 5.73 Å². The molecule has 0 aromatic heterocycles. The molecule has 0 spiro atoms. The Morgan fingerprint density at radius 3 is 2.61 bits per heavy atom. The van der Waals surface area contributed by atoms with E-state index < -0.39 is 0 Å². The van der Waals surface area contributed by atoms with Crippen molar-refractivity contribution in [1.29, 1.82) is 0 Å². The van der Waals surface area contributed by atoms with Crippen LogP contribution in [0.15, 0.2) is 48.5 Å². The van der Waals surface area contributed by atoms with Crippen molar-refractivity contribution in [2.45, 2.75) is 24.8 Å². The van der Waals surface area contributed by atoms with Crippen LogP contribution in [0, 0.1) is 5.82 Å². The third-order valence-electron chi connectivity index (χ3n) is 3.82. The normalized spacial score (nSPS) is 18.9. The van der Waals surface area contributed by atoms with Crippen LogP contribution < -0.4 is 5.73 Å². The lowest BCUT2D eigenvalue weighted by atomic mass is 9.72. The number of benzene rings is 2. The number of hydrogen-bond donors (Lipinski definition) is 1. The molecule has 3 rings (SSSR count). The summed E-state index contributed by atoms with van der Waals surface area (Å²) in [7, 11) is 0. The molecule has 0 radical (unpaired) electrons. The van der Waals surface area contributed by atoms with E-state index in [1.54, 1.807) is 6.07 Å². The van der Waals surface area contributed by atoms with E-state index in [2.05, 4.69) is 18.2 Å². The van der Waals surface area contributed by atoms with Gasteiger partial charge in [-0.2, -0.15) is 0 Å². The second kappa shape index (κ2) is 4.54. The van der Waals surface area contributed by atoms with Crippen molar-refractivity contribution in [3.8, 4) is 0 Å². The molecule has 0 amide bonds. The molecule has 2 aromatic carbocycles. The maximum atomic E-state index is 13.6. The highest BCUT2D eigenvalue weighted by Gasteiger charge is 2.30. The molecule has 18 heavy (non-hydrogen) atoms. The minimum absolute atomic E-state index is 0.00296. The van der Waals surface area contributed by atoms with Crippen LogP contribution in [0.25, 0.3) is 0 Å². The van der Waals surface area contributed by atoms with Gasteiger partial charge in [0.1, 0.15) is 5.82 Å². The predicted octanol–water partition coefficient (Wildman–Crippen LogP) is 3.04. The smallest absolute Gasteiger partial charge is 0.126 e. The third kappa shape index (κ3) is 1.93. The Kier molecular flexibility index (Phi) is 2.88. The van der Waals surface area contributed by atoms with E-state index >= 15 is 0 Å². The molecule has 92 valence electrons. The first-order valence-corrected chi connectivity index (χ1v) is 6.32. The fraction of sp³-hybridized carbons (Fsp3) is 0.250. The minimum atomic E-state index is -0.152. The second-order valence-corrected chi connectivity index (χ2v) is 4.97. The number of nitrogens with two attached hydrogens (primary N) is 1. The largest absolute Gasteiger partial charge is 0.327 e. The molecule has 1 nitrogen and oxygen atoms in total. The van der Waals surface area contributed by atoms with Gasteiger partial charge in [-0.1, -0.05) is 42.5 Å². The fourth-order valence-corrected chi connectivity index (χ4v) is 2.74. The molecule has 2 aromatic rings. The van der Waals surface area contributed by atoms with E-state index in [0.717, 1.165) is 12.0 Å². The quantitative estimate of drug-likeness (QED) is 0.878. The van der Waals surface area contributed by atoms with Crippen LogP contribution in [0.2, 0.25) is 0 Å². The van der Waals surface area contributed by atoms with Crippen LogP contribution in [-0.2, 0) is 12.8 Å². The molecule has 2 heteroatoms. The number of halogens is 1. The van der Waals surface area contributed by atoms with Crippen LogP contribution in [0.4, 0.5) is 4.39 Å². The van der Waals surface area contributed by atoms with E-state index in [4.69, 9.17) is 5.73 Å². The molecule has 1 aliphatic rings. The zero-order chi connectivity index (χ0) is 12.5. The minimum Gasteiger partial charge on any atom is -0.327 e. The van der Waals surface area contributed by atoms with Gasteiger partial charge >= 0.3 is 0 Å². The summed E-state index contributed by atoms with van der Waals surface area (Å²) in [6.45, 7) is 0. The molecule has 0 aliphatic heterocycles. The van der Waals surface area contributed by atoms with E-state index in [1.807, 2.05) is 18.2 Å². The van der Waals surface area contributed by atoms with Crippen molar-refractivity contribution in [3.05, 3.63) is 71.0 Å². The van der Waals surface area contributed by atoms with Crippen molar-refractivity contribution in [2.75, 3.05) is 0 Å². The zero-order valence-corrected chi connectivity index (χ0v) is 10.1. The summed E-state index contributed by atoms with van der Waals surface area (Å²) in [6.07, 6.45) is 1.62. The summed E-state index contributed by atoms with van der Waals surface area (Å²) in [6, 6.07) is 15.3. The van der Waals surface area contributed by atoms with Crippen molar-refractivity contribution in [2.24, 2.45) is 5.73 Å². The second-order valence-electron chi connectivity index (χ2n) is 4.97. The summed E-state index contributed by atoms with van der Waals surface area (Å²) in [5.41, 5.74) is 9.66. The van der Waals surface area contributed by atoms with Crippen LogP contribution in [0.5, 0.6) is 0 Å². The molecule has 2 N–H and O–H groups in total. The maximum Gasteiger partial charge on any atom is 0.126 e. The van der Waals surface area contributed by atoms with Gasteiger partial charge in [-0.3, -0.25) is 0 Å². The number of fused-ring (bicyclic) bond motifs is 1. The van der Waals surface area contributed by atoms with Gasteiger partial charge in [-0.05, 0) is 35.6 Å². The van der Waals surface area contributed by atoms with E-state index in [9.17, 15) is 4.39 Å². The van der Waals surface area contributed by atoms with Gasteiger partial charge in [-0.25, -0.2) is 4.39 Å². The molecule has 0 saturated heterocycles. The van der Waals surface area contributed by atoms with Crippen molar-refractivity contribution in [3.63, 3.8) is 0 Å². The topological polar surface area (TPSA) is 26.0 Å². The highest BCUT2D eigenvalue weighted by Crippen LogP contribution is 2.37. The van der Waals surface area contributed by atoms with Gasteiger partial charge in [0, 0.05) is 12.0 Å². The molecule has 2 atom stereocenters. The molecule has 0 bridgehead atoms. The highest BCUT2D eigenvalue weighted by atomic mass is 19.1. The Balaban J connectivity index is 1.75. The SMILES string of the molecule is NC(Cc1ccccc1F)C1Cc2ccccc21. The standard InChI is InChI=1S/C16H16FN/c17-15-8-4-2-6-12(15)10-16(18)14-9-11-5-1-3-7-13(11)14/h1-8,14,16H,9-10,18H2. The van der Waals surface area contributed by atoms with Crippen molar-refractivity contribution in [1.82, 2.24) is 0 Å². The van der Waals surface area contributed by atoms with Crippen LogP contribution in [0.3, 0.4) is 0 Å². The Morgan fingerprint density at radius 1 is 1.11 bits per heavy atom. The van der Waals surface area contributed by atoms with E-state index in [0.29, 0.717) is 12.3 Å². The molecule has 1 aliphatic carbocycles. The molecular weight excluding hydrogens is 225 g/mol. The average molecular weight is 241 g/mol. The first-order valence-electron chi connectivity index (χ1n) is 6.32. The van der Waals surface area contributed by atoms with Gasteiger partial charge in [0.15, 0.2) is 0 Å². The zero-order valence-electron chi connectivity index (χ0n) is 10.1. The van der Waals surface area contributed by atoms with Crippen LogP contribution >= 0.6 is 0 Å². The van der Waals surface area contributed by atoms with Gasteiger partial charge in [0.25, 0.3) is 0 Å². The highest BCUT2D eigenvalue weighted by molar-refractivity contribution is 5.41. The monoisotopic (exact) mass is 241 g/mol. The molecular formula is C16H16FN. The first-order chi connectivity index (χ1) is 8.75. The lowest BCUT2D eigenvalue weighted by Gasteiger charge is -2.34. The lowest BCUT2D eigenvalue weighted by Crippen LogP contribution is -2.37. The Morgan fingerprint density at radius 2 is 1.83 bits per heavy atom. The Labute approximate surface area is 106 Å². The van der Waals surface area contributed by atoms with Crippen molar-refractivity contribution >= 4 is 0 Å². The predicted molar refractivity (Wildman–Crippen MR) is 71.0 cm³/mol. The lowest BCUT2D eigenvalue weighted by molar-refractivity contribution is 0.472. The first kappa shape index (κ1) is 11.4. The summed E-state index contributed by atoms with van der Waals surface area (Å²) in [5.74, 6) is 0.223. The Hall–Kier alpha value is -1.67. The Bertz CT molecular complexity index is 565. The van der Waals surface area contributed by atoms with Gasteiger partial charge in [0.05, 0.1) is 0 Å². The fourth-order valence-electron chi connectivity index (χ4n) is 2.74.